The number of carbonyl (C=O) groups excluding carboxylic acids is 2. The van der Waals surface area contributed by atoms with Gasteiger partial charge in [0.2, 0.25) is 0 Å². The molecule has 0 bridgehead atoms. The monoisotopic (exact) mass is 395 g/mol. The SMILES string of the molecule is CCOC(=O)c1cc(C(=O)Nc2ccn(Cc3ccccn3)n2)cc([N+](=O)[O-])c1. The summed E-state index contributed by atoms with van der Waals surface area (Å²) in [6.07, 6.45) is 3.34. The molecule has 0 saturated heterocycles. The summed E-state index contributed by atoms with van der Waals surface area (Å²) < 4.78 is 6.45. The third-order valence-corrected chi connectivity index (χ3v) is 3.83. The maximum Gasteiger partial charge on any atom is 0.338 e. The second kappa shape index (κ2) is 8.74. The molecule has 0 radical (unpaired) electrons. The fourth-order valence-corrected chi connectivity index (χ4v) is 2.54. The average molecular weight is 395 g/mol. The van der Waals surface area contributed by atoms with Crippen LogP contribution in [-0.4, -0.2) is 38.2 Å². The predicted octanol–water partition coefficient (Wildman–Crippen LogP) is 2.66. The van der Waals surface area contributed by atoms with Gasteiger partial charge >= 0.3 is 5.97 Å². The largest absolute Gasteiger partial charge is 0.462 e. The van der Waals surface area contributed by atoms with Crippen molar-refractivity contribution in [1.29, 1.82) is 0 Å². The minimum atomic E-state index is -0.745. The van der Waals surface area contributed by atoms with Gasteiger partial charge in [-0.3, -0.25) is 24.6 Å². The van der Waals surface area contributed by atoms with Crippen LogP contribution in [0.3, 0.4) is 0 Å². The molecule has 29 heavy (non-hydrogen) atoms. The Balaban J connectivity index is 1.78. The number of benzene rings is 1. The third-order valence-electron chi connectivity index (χ3n) is 3.83. The van der Waals surface area contributed by atoms with E-state index < -0.39 is 16.8 Å². The number of hydrogen-bond acceptors (Lipinski definition) is 7. The summed E-state index contributed by atoms with van der Waals surface area (Å²) in [7, 11) is 0. The number of nitrogens with zero attached hydrogens (tertiary/aromatic N) is 4. The van der Waals surface area contributed by atoms with Gasteiger partial charge in [-0.25, -0.2) is 4.79 Å². The number of nitro groups is 1. The number of esters is 1. The van der Waals surface area contributed by atoms with Crippen LogP contribution < -0.4 is 5.32 Å². The first-order chi connectivity index (χ1) is 14.0. The molecular weight excluding hydrogens is 378 g/mol. The highest BCUT2D eigenvalue weighted by molar-refractivity contribution is 6.05. The summed E-state index contributed by atoms with van der Waals surface area (Å²) in [4.78, 5) is 39.1. The number of carbonyl (C=O) groups is 2. The molecule has 2 heterocycles. The lowest BCUT2D eigenvalue weighted by molar-refractivity contribution is -0.384. The van der Waals surface area contributed by atoms with Crippen molar-refractivity contribution < 1.29 is 19.2 Å². The molecule has 0 aliphatic carbocycles. The van der Waals surface area contributed by atoms with Gasteiger partial charge in [0.05, 0.1) is 29.3 Å². The van der Waals surface area contributed by atoms with Crippen molar-refractivity contribution in [3.63, 3.8) is 0 Å². The Hall–Kier alpha value is -4.08. The molecule has 0 atom stereocenters. The van der Waals surface area contributed by atoms with Crippen molar-refractivity contribution in [3.8, 4) is 0 Å². The van der Waals surface area contributed by atoms with Crippen molar-refractivity contribution in [3.05, 3.63) is 81.8 Å². The second-order valence-corrected chi connectivity index (χ2v) is 5.92. The minimum Gasteiger partial charge on any atom is -0.462 e. The number of rotatable bonds is 7. The maximum atomic E-state index is 12.5. The Morgan fingerprint density at radius 1 is 1.21 bits per heavy atom. The fraction of sp³-hybridized carbons (Fsp3) is 0.158. The molecule has 0 aliphatic rings. The summed E-state index contributed by atoms with van der Waals surface area (Å²) in [6.45, 7) is 2.14. The van der Waals surface area contributed by atoms with Crippen molar-refractivity contribution in [2.24, 2.45) is 0 Å². The zero-order valence-electron chi connectivity index (χ0n) is 15.4. The van der Waals surface area contributed by atoms with E-state index in [1.165, 1.54) is 6.07 Å². The van der Waals surface area contributed by atoms with E-state index >= 15 is 0 Å². The highest BCUT2D eigenvalue weighted by Crippen LogP contribution is 2.19. The van der Waals surface area contributed by atoms with Gasteiger partial charge in [-0.05, 0) is 25.1 Å². The van der Waals surface area contributed by atoms with Crippen LogP contribution in [0, 0.1) is 10.1 Å². The third kappa shape index (κ3) is 5.01. The lowest BCUT2D eigenvalue weighted by Crippen LogP contribution is -2.15. The van der Waals surface area contributed by atoms with Crippen molar-refractivity contribution in [2.75, 3.05) is 11.9 Å². The Labute approximate surface area is 165 Å². The van der Waals surface area contributed by atoms with Crippen LogP contribution in [0.15, 0.2) is 54.9 Å². The van der Waals surface area contributed by atoms with Crippen LogP contribution in [0.25, 0.3) is 0 Å². The first-order valence-electron chi connectivity index (χ1n) is 8.67. The van der Waals surface area contributed by atoms with Crippen LogP contribution in [0.1, 0.15) is 33.3 Å². The van der Waals surface area contributed by atoms with Gasteiger partial charge in [-0.15, -0.1) is 0 Å². The van der Waals surface area contributed by atoms with Crippen LogP contribution in [0.4, 0.5) is 11.5 Å². The van der Waals surface area contributed by atoms with Gasteiger partial charge in [-0.1, -0.05) is 6.07 Å². The van der Waals surface area contributed by atoms with Gasteiger partial charge in [-0.2, -0.15) is 5.10 Å². The maximum absolute atomic E-state index is 12.5. The molecule has 10 nitrogen and oxygen atoms in total. The number of amides is 1. The quantitative estimate of drug-likeness (QED) is 0.370. The Morgan fingerprint density at radius 3 is 2.69 bits per heavy atom. The molecule has 1 N–H and O–H groups in total. The smallest absolute Gasteiger partial charge is 0.338 e. The average Bonchev–Trinajstić information content (AvgIpc) is 3.15. The number of nitro benzene ring substituents is 1. The molecule has 1 amide bonds. The van der Waals surface area contributed by atoms with E-state index in [1.807, 2.05) is 18.2 Å². The number of hydrogen-bond donors (Lipinski definition) is 1. The zero-order valence-corrected chi connectivity index (χ0v) is 15.4. The molecular formula is C19H17N5O5. The molecule has 148 valence electrons. The van der Waals surface area contributed by atoms with Crippen LogP contribution in [0.5, 0.6) is 0 Å². The lowest BCUT2D eigenvalue weighted by atomic mass is 10.1. The Bertz CT molecular complexity index is 1050. The molecule has 3 aromatic rings. The van der Waals surface area contributed by atoms with Gasteiger partial charge in [0.15, 0.2) is 5.82 Å². The van der Waals surface area contributed by atoms with E-state index in [0.717, 1.165) is 17.8 Å². The standard InChI is InChI=1S/C19H17N5O5/c1-2-29-19(26)14-9-13(10-16(11-14)24(27)28)18(25)21-17-6-8-23(22-17)12-15-5-3-4-7-20-15/h3-11H,2,12H2,1H3,(H,21,22,25). The summed E-state index contributed by atoms with van der Waals surface area (Å²) in [5.41, 5.74) is 0.279. The molecule has 2 aromatic heterocycles. The molecule has 10 heteroatoms. The highest BCUT2D eigenvalue weighted by atomic mass is 16.6. The molecule has 0 saturated carbocycles. The number of non-ortho nitro benzene ring substituents is 1. The van der Waals surface area contributed by atoms with Crippen LogP contribution in [-0.2, 0) is 11.3 Å². The first-order valence-corrected chi connectivity index (χ1v) is 8.67. The Kier molecular flexibility index (Phi) is 5.93. The fourth-order valence-electron chi connectivity index (χ4n) is 2.54. The summed E-state index contributed by atoms with van der Waals surface area (Å²) in [6, 6.07) is 10.5. The minimum absolute atomic E-state index is 0.0541. The summed E-state index contributed by atoms with van der Waals surface area (Å²) in [5.74, 6) is -1.12. The number of ether oxygens (including phenoxy) is 1. The van der Waals surface area contributed by atoms with E-state index in [-0.39, 0.29) is 29.2 Å². The normalized spacial score (nSPS) is 10.4. The van der Waals surface area contributed by atoms with E-state index in [1.54, 1.807) is 30.1 Å². The molecule has 0 spiro atoms. The molecule has 0 fully saturated rings. The Morgan fingerprint density at radius 2 is 2.00 bits per heavy atom. The predicted molar refractivity (Wildman–Crippen MR) is 103 cm³/mol. The molecule has 3 rings (SSSR count). The van der Waals surface area contributed by atoms with Gasteiger partial charge in [0.1, 0.15) is 0 Å². The van der Waals surface area contributed by atoms with E-state index in [9.17, 15) is 19.7 Å². The van der Waals surface area contributed by atoms with Crippen LogP contribution >= 0.6 is 0 Å². The van der Waals surface area contributed by atoms with E-state index in [2.05, 4.69) is 15.4 Å². The van der Waals surface area contributed by atoms with E-state index in [4.69, 9.17) is 4.74 Å². The van der Waals surface area contributed by atoms with Crippen molar-refractivity contribution >= 4 is 23.4 Å². The topological polar surface area (TPSA) is 129 Å². The second-order valence-electron chi connectivity index (χ2n) is 5.92. The summed E-state index contributed by atoms with van der Waals surface area (Å²) in [5, 5.41) is 17.9. The summed E-state index contributed by atoms with van der Waals surface area (Å²) >= 11 is 0. The molecule has 0 aliphatic heterocycles. The van der Waals surface area contributed by atoms with Gasteiger partial charge < -0.3 is 10.1 Å². The van der Waals surface area contributed by atoms with Crippen molar-refractivity contribution in [1.82, 2.24) is 14.8 Å². The van der Waals surface area contributed by atoms with Gasteiger partial charge in [0, 0.05) is 36.2 Å². The highest BCUT2D eigenvalue weighted by Gasteiger charge is 2.19. The molecule has 0 unspecified atom stereocenters. The number of pyridine rings is 1. The lowest BCUT2D eigenvalue weighted by Gasteiger charge is -2.06. The molecule has 1 aromatic carbocycles. The number of nitrogens with one attached hydrogen (secondary N) is 1. The number of aromatic nitrogens is 3. The van der Waals surface area contributed by atoms with E-state index in [0.29, 0.717) is 6.54 Å². The van der Waals surface area contributed by atoms with Gasteiger partial charge in [0.25, 0.3) is 11.6 Å². The first kappa shape index (κ1) is 19.7. The van der Waals surface area contributed by atoms with Crippen molar-refractivity contribution in [2.45, 2.75) is 13.5 Å². The zero-order chi connectivity index (χ0) is 20.8. The van der Waals surface area contributed by atoms with Crippen LogP contribution in [0.2, 0.25) is 0 Å². The number of anilines is 1.